The van der Waals surface area contributed by atoms with Gasteiger partial charge in [-0.05, 0) is 29.8 Å². The lowest BCUT2D eigenvalue weighted by Crippen LogP contribution is -2.49. The molecular formula is C21H27N3O4. The van der Waals surface area contributed by atoms with Crippen molar-refractivity contribution in [3.8, 4) is 17.2 Å². The van der Waals surface area contributed by atoms with Crippen LogP contribution in [0.4, 0.5) is 10.5 Å². The Morgan fingerprint density at radius 2 is 1.57 bits per heavy atom. The van der Waals surface area contributed by atoms with E-state index in [1.807, 2.05) is 47.4 Å². The summed E-state index contributed by atoms with van der Waals surface area (Å²) in [5, 5.41) is 2.94. The van der Waals surface area contributed by atoms with E-state index in [1.165, 1.54) is 0 Å². The molecule has 1 heterocycles. The summed E-state index contributed by atoms with van der Waals surface area (Å²) in [6.45, 7) is 3.78. The van der Waals surface area contributed by atoms with Crippen molar-refractivity contribution in [1.29, 1.82) is 0 Å². The van der Waals surface area contributed by atoms with Gasteiger partial charge in [0, 0.05) is 32.7 Å². The Balaban J connectivity index is 1.53. The van der Waals surface area contributed by atoms with Gasteiger partial charge in [0.1, 0.15) is 5.75 Å². The Kier molecular flexibility index (Phi) is 6.60. The van der Waals surface area contributed by atoms with E-state index in [1.54, 1.807) is 21.3 Å². The molecule has 1 saturated heterocycles. The first-order valence-corrected chi connectivity index (χ1v) is 9.26. The minimum Gasteiger partial charge on any atom is -0.495 e. The fourth-order valence-corrected chi connectivity index (χ4v) is 3.29. The molecule has 0 spiro atoms. The van der Waals surface area contributed by atoms with Gasteiger partial charge in [-0.2, -0.15) is 0 Å². The molecule has 0 aliphatic carbocycles. The van der Waals surface area contributed by atoms with Crippen LogP contribution in [-0.4, -0.2) is 63.3 Å². The van der Waals surface area contributed by atoms with Gasteiger partial charge < -0.3 is 24.4 Å². The van der Waals surface area contributed by atoms with Gasteiger partial charge in [-0.1, -0.05) is 18.2 Å². The second kappa shape index (κ2) is 9.32. The van der Waals surface area contributed by atoms with Crippen LogP contribution in [0.3, 0.4) is 0 Å². The molecule has 1 aliphatic rings. The molecule has 0 unspecified atom stereocenters. The van der Waals surface area contributed by atoms with Crippen LogP contribution in [0.5, 0.6) is 17.2 Å². The second-order valence-electron chi connectivity index (χ2n) is 6.58. The SMILES string of the molecule is COc1ccccc1NC(=O)N1CCN(Cc2ccc(OC)c(OC)c2)CC1. The summed E-state index contributed by atoms with van der Waals surface area (Å²) in [6.07, 6.45) is 0. The van der Waals surface area contributed by atoms with E-state index in [4.69, 9.17) is 14.2 Å². The highest BCUT2D eigenvalue weighted by Crippen LogP contribution is 2.28. The molecule has 7 nitrogen and oxygen atoms in total. The molecule has 3 rings (SSSR count). The number of anilines is 1. The predicted molar refractivity (Wildman–Crippen MR) is 108 cm³/mol. The van der Waals surface area contributed by atoms with Gasteiger partial charge in [0.05, 0.1) is 27.0 Å². The number of benzene rings is 2. The zero-order chi connectivity index (χ0) is 19.9. The molecule has 0 aromatic heterocycles. The summed E-state index contributed by atoms with van der Waals surface area (Å²) < 4.78 is 16.0. The molecule has 0 atom stereocenters. The third-order valence-corrected chi connectivity index (χ3v) is 4.86. The number of rotatable bonds is 6. The number of para-hydroxylation sites is 2. The van der Waals surface area contributed by atoms with Crippen LogP contribution in [0.1, 0.15) is 5.56 Å². The third-order valence-electron chi connectivity index (χ3n) is 4.86. The molecule has 7 heteroatoms. The lowest BCUT2D eigenvalue weighted by Gasteiger charge is -2.34. The normalized spacial score (nSPS) is 14.5. The van der Waals surface area contributed by atoms with Crippen LogP contribution in [-0.2, 0) is 6.54 Å². The second-order valence-corrected chi connectivity index (χ2v) is 6.58. The maximum Gasteiger partial charge on any atom is 0.322 e. The molecule has 1 fully saturated rings. The van der Waals surface area contributed by atoms with E-state index in [2.05, 4.69) is 10.2 Å². The number of carbonyl (C=O) groups is 1. The Hall–Kier alpha value is -2.93. The molecule has 2 amide bonds. The number of hydrogen-bond donors (Lipinski definition) is 1. The number of amides is 2. The largest absolute Gasteiger partial charge is 0.495 e. The van der Waals surface area contributed by atoms with Gasteiger partial charge in [-0.25, -0.2) is 4.79 Å². The fraction of sp³-hybridized carbons (Fsp3) is 0.381. The van der Waals surface area contributed by atoms with Crippen LogP contribution in [0.2, 0.25) is 0 Å². The maximum absolute atomic E-state index is 12.6. The molecule has 0 bridgehead atoms. The van der Waals surface area contributed by atoms with Gasteiger partial charge >= 0.3 is 6.03 Å². The molecule has 1 aliphatic heterocycles. The monoisotopic (exact) mass is 385 g/mol. The van der Waals surface area contributed by atoms with Gasteiger partial charge in [0.15, 0.2) is 11.5 Å². The summed E-state index contributed by atoms with van der Waals surface area (Å²) in [4.78, 5) is 16.7. The highest BCUT2D eigenvalue weighted by molar-refractivity contribution is 5.91. The Labute approximate surface area is 165 Å². The first-order chi connectivity index (χ1) is 13.6. The molecule has 28 heavy (non-hydrogen) atoms. The van der Waals surface area contributed by atoms with Crippen molar-refractivity contribution in [2.45, 2.75) is 6.54 Å². The summed E-state index contributed by atoms with van der Waals surface area (Å²) in [5.74, 6) is 2.11. The molecule has 2 aromatic carbocycles. The van der Waals surface area contributed by atoms with E-state index >= 15 is 0 Å². The average Bonchev–Trinajstić information content (AvgIpc) is 2.74. The predicted octanol–water partition coefficient (Wildman–Crippen LogP) is 3.06. The summed E-state index contributed by atoms with van der Waals surface area (Å²) in [5.41, 5.74) is 1.84. The van der Waals surface area contributed by atoms with Crippen molar-refractivity contribution in [2.75, 3.05) is 52.8 Å². The van der Waals surface area contributed by atoms with Crippen molar-refractivity contribution in [3.05, 3.63) is 48.0 Å². The van der Waals surface area contributed by atoms with Crippen molar-refractivity contribution in [3.63, 3.8) is 0 Å². The van der Waals surface area contributed by atoms with Crippen molar-refractivity contribution >= 4 is 11.7 Å². The number of urea groups is 1. The minimum atomic E-state index is -0.102. The van der Waals surface area contributed by atoms with Crippen LogP contribution in [0.25, 0.3) is 0 Å². The number of piperazine rings is 1. The maximum atomic E-state index is 12.6. The smallest absolute Gasteiger partial charge is 0.322 e. The van der Waals surface area contributed by atoms with Gasteiger partial charge in [-0.15, -0.1) is 0 Å². The summed E-state index contributed by atoms with van der Waals surface area (Å²) in [6, 6.07) is 13.3. The molecular weight excluding hydrogens is 358 g/mol. The Morgan fingerprint density at radius 1 is 0.893 bits per heavy atom. The third kappa shape index (κ3) is 4.67. The fourth-order valence-electron chi connectivity index (χ4n) is 3.29. The van der Waals surface area contributed by atoms with Crippen molar-refractivity contribution in [2.24, 2.45) is 0 Å². The topological polar surface area (TPSA) is 63.3 Å². The minimum absolute atomic E-state index is 0.102. The van der Waals surface area contributed by atoms with Gasteiger partial charge in [0.2, 0.25) is 0 Å². The number of methoxy groups -OCH3 is 3. The number of carbonyl (C=O) groups excluding carboxylic acids is 1. The molecule has 1 N–H and O–H groups in total. The van der Waals surface area contributed by atoms with Crippen LogP contribution < -0.4 is 19.5 Å². The molecule has 150 valence electrons. The highest BCUT2D eigenvalue weighted by Gasteiger charge is 2.22. The average molecular weight is 385 g/mol. The number of ether oxygens (including phenoxy) is 3. The number of nitrogens with zero attached hydrogens (tertiary/aromatic N) is 2. The Bertz CT molecular complexity index is 804. The number of nitrogens with one attached hydrogen (secondary N) is 1. The van der Waals surface area contributed by atoms with Crippen molar-refractivity contribution < 1.29 is 19.0 Å². The van der Waals surface area contributed by atoms with Crippen LogP contribution in [0.15, 0.2) is 42.5 Å². The Morgan fingerprint density at radius 3 is 2.25 bits per heavy atom. The summed E-state index contributed by atoms with van der Waals surface area (Å²) >= 11 is 0. The lowest BCUT2D eigenvalue weighted by molar-refractivity contribution is 0.143. The van der Waals surface area contributed by atoms with E-state index < -0.39 is 0 Å². The standard InChI is InChI=1S/C21H27N3O4/c1-26-18-7-5-4-6-17(18)22-21(25)24-12-10-23(11-13-24)15-16-8-9-19(27-2)20(14-16)28-3/h4-9,14H,10-13,15H2,1-3H3,(H,22,25). The highest BCUT2D eigenvalue weighted by atomic mass is 16.5. The van der Waals surface area contributed by atoms with Gasteiger partial charge in [-0.3, -0.25) is 4.90 Å². The van der Waals surface area contributed by atoms with E-state index in [0.717, 1.165) is 36.7 Å². The van der Waals surface area contributed by atoms with E-state index in [-0.39, 0.29) is 6.03 Å². The molecule has 0 saturated carbocycles. The zero-order valence-corrected chi connectivity index (χ0v) is 16.6. The van der Waals surface area contributed by atoms with Crippen molar-refractivity contribution in [1.82, 2.24) is 9.80 Å². The summed E-state index contributed by atoms with van der Waals surface area (Å²) in [7, 11) is 4.87. The first-order valence-electron chi connectivity index (χ1n) is 9.26. The number of hydrogen-bond acceptors (Lipinski definition) is 5. The first kappa shape index (κ1) is 19.8. The van der Waals surface area contributed by atoms with E-state index in [0.29, 0.717) is 24.5 Å². The lowest BCUT2D eigenvalue weighted by atomic mass is 10.1. The van der Waals surface area contributed by atoms with E-state index in [9.17, 15) is 4.79 Å². The zero-order valence-electron chi connectivity index (χ0n) is 16.6. The quantitative estimate of drug-likeness (QED) is 0.828. The van der Waals surface area contributed by atoms with Crippen LogP contribution in [0, 0.1) is 0 Å². The van der Waals surface area contributed by atoms with Gasteiger partial charge in [0.25, 0.3) is 0 Å². The molecule has 0 radical (unpaired) electrons. The molecule has 2 aromatic rings. The van der Waals surface area contributed by atoms with Crippen LogP contribution >= 0.6 is 0 Å².